The lowest BCUT2D eigenvalue weighted by atomic mass is 9.35. The molecular weight excluding hydrogens is 470 g/mol. The molecule has 0 radical (unpaired) electrons. The van der Waals surface area contributed by atoms with E-state index in [0.29, 0.717) is 13.0 Å². The molecule has 0 amide bonds. The Morgan fingerprint density at radius 2 is 1.81 bits per heavy atom. The van der Waals surface area contributed by atoms with Gasteiger partial charge in [-0.2, -0.15) is 5.06 Å². The van der Waals surface area contributed by atoms with Gasteiger partial charge in [0.05, 0.1) is 35.9 Å². The highest BCUT2D eigenvalue weighted by atomic mass is 16.8. The third kappa shape index (κ3) is 2.45. The Labute approximate surface area is 210 Å². The van der Waals surface area contributed by atoms with E-state index in [2.05, 4.69) is 5.06 Å². The second-order valence-corrected chi connectivity index (χ2v) is 12.3. The third-order valence-electron chi connectivity index (χ3n) is 11.5. The zero-order valence-corrected chi connectivity index (χ0v) is 21.5. The number of piperidine rings is 1. The van der Waals surface area contributed by atoms with E-state index in [4.69, 9.17) is 28.5 Å². The van der Waals surface area contributed by atoms with Crippen LogP contribution >= 0.6 is 0 Å². The summed E-state index contributed by atoms with van der Waals surface area (Å²) in [6.07, 6.45) is 1.23. The molecule has 1 spiro atoms. The molecule has 200 valence electrons. The van der Waals surface area contributed by atoms with Crippen LogP contribution in [-0.4, -0.2) is 92.3 Å². The van der Waals surface area contributed by atoms with Crippen LogP contribution in [0.1, 0.15) is 39.5 Å². The van der Waals surface area contributed by atoms with Gasteiger partial charge in [-0.3, -0.25) is 14.4 Å². The van der Waals surface area contributed by atoms with Gasteiger partial charge in [0.1, 0.15) is 12.2 Å². The number of rotatable bonds is 6. The van der Waals surface area contributed by atoms with E-state index < -0.39 is 11.0 Å². The number of esters is 2. The van der Waals surface area contributed by atoms with Crippen molar-refractivity contribution in [2.45, 2.75) is 81.8 Å². The van der Waals surface area contributed by atoms with Gasteiger partial charge in [0.15, 0.2) is 6.23 Å². The number of carbonyl (C=O) groups excluding carboxylic acids is 2. The Morgan fingerprint density at radius 3 is 2.44 bits per heavy atom. The predicted molar refractivity (Wildman–Crippen MR) is 121 cm³/mol. The minimum atomic E-state index is -1.05. The van der Waals surface area contributed by atoms with Gasteiger partial charge < -0.3 is 28.8 Å². The van der Waals surface area contributed by atoms with Crippen LogP contribution in [0, 0.1) is 40.4 Å². The number of hydroxylamine groups is 2. The SMILES string of the molecule is COC[C@@]12C3ON3C3[C@@H]4[C@H](OC)[C@@H]1[C@@]3(CC[C@H]2OC(C)=O)[C@@H]1CC2[C@@H](OC(C)=O)[C@H](OC)C[C@@]4(O)[C@@H]21. The molecule has 0 aromatic heterocycles. The highest BCUT2D eigenvalue weighted by Crippen LogP contribution is 2.83. The van der Waals surface area contributed by atoms with Gasteiger partial charge >= 0.3 is 11.9 Å². The first-order valence-corrected chi connectivity index (χ1v) is 13.3. The Morgan fingerprint density at radius 1 is 1.06 bits per heavy atom. The predicted octanol–water partition coefficient (Wildman–Crippen LogP) is 0.895. The topological polar surface area (TPSA) is 116 Å². The molecular formula is C26H37NO9. The molecule has 15 atom stereocenters. The maximum absolute atomic E-state index is 12.7. The average molecular weight is 508 g/mol. The summed E-state index contributed by atoms with van der Waals surface area (Å²) in [5.41, 5.74) is -1.80. The molecule has 10 heteroatoms. The van der Waals surface area contributed by atoms with Crippen molar-refractivity contribution in [2.24, 2.45) is 40.4 Å². The summed E-state index contributed by atoms with van der Waals surface area (Å²) >= 11 is 0. The Balaban J connectivity index is 1.38. The minimum absolute atomic E-state index is 0.000505. The van der Waals surface area contributed by atoms with Crippen LogP contribution < -0.4 is 0 Å². The first kappa shape index (κ1) is 23.8. The number of ether oxygens (including phenoxy) is 5. The second-order valence-electron chi connectivity index (χ2n) is 12.3. The molecule has 2 aliphatic heterocycles. The molecule has 5 saturated carbocycles. The van der Waals surface area contributed by atoms with Crippen LogP contribution in [0.2, 0.25) is 0 Å². The van der Waals surface area contributed by atoms with E-state index in [1.165, 1.54) is 13.8 Å². The first-order chi connectivity index (χ1) is 17.2. The van der Waals surface area contributed by atoms with Crippen molar-refractivity contribution in [3.05, 3.63) is 0 Å². The molecule has 1 N–H and O–H groups in total. The van der Waals surface area contributed by atoms with Crippen molar-refractivity contribution in [3.8, 4) is 0 Å². The zero-order chi connectivity index (χ0) is 25.4. The summed E-state index contributed by atoms with van der Waals surface area (Å²) in [4.78, 5) is 30.5. The molecule has 7 rings (SSSR count). The van der Waals surface area contributed by atoms with Crippen LogP contribution in [0.5, 0.6) is 0 Å². The fourth-order valence-corrected chi connectivity index (χ4v) is 10.9. The standard InChI is InChI=1S/C26H37NO9/c1-11(28)34-16-6-7-24-14-8-13-17(14)26(30,9-15(32-4)19(13)35-12(2)29)18-20(33-5)21(24)25(16,10-31-3)23-27(36-23)22(18)24/h13-23,30H,6-10H2,1-5H3/t13?,14-,15-,16-,17+,18+,19-,20+,21-,22?,23?,24-,25+,26-,27?/m1/s1. The molecule has 36 heavy (non-hydrogen) atoms. The minimum Gasteiger partial charge on any atom is -0.462 e. The molecule has 2 heterocycles. The maximum Gasteiger partial charge on any atom is 0.303 e. The lowest BCUT2D eigenvalue weighted by Crippen LogP contribution is -2.78. The van der Waals surface area contributed by atoms with Gasteiger partial charge in [-0.25, -0.2) is 0 Å². The van der Waals surface area contributed by atoms with E-state index in [1.54, 1.807) is 21.3 Å². The summed E-state index contributed by atoms with van der Waals surface area (Å²) in [5, 5.41) is 14.7. The van der Waals surface area contributed by atoms with E-state index >= 15 is 0 Å². The Hall–Kier alpha value is -1.30. The van der Waals surface area contributed by atoms with Gasteiger partial charge in [0.2, 0.25) is 0 Å². The summed E-state index contributed by atoms with van der Waals surface area (Å²) in [7, 11) is 5.04. The molecule has 10 nitrogen and oxygen atoms in total. The summed E-state index contributed by atoms with van der Waals surface area (Å²) in [6.45, 7) is 3.27. The van der Waals surface area contributed by atoms with Crippen molar-refractivity contribution in [3.63, 3.8) is 0 Å². The number of hydrogen-bond donors (Lipinski definition) is 1. The van der Waals surface area contributed by atoms with Gasteiger partial charge in [-0.05, 0) is 36.5 Å². The monoisotopic (exact) mass is 507 g/mol. The van der Waals surface area contributed by atoms with Gasteiger partial charge in [0, 0.05) is 59.4 Å². The Bertz CT molecular complexity index is 992. The van der Waals surface area contributed by atoms with E-state index in [9.17, 15) is 14.7 Å². The van der Waals surface area contributed by atoms with Crippen molar-refractivity contribution in [1.29, 1.82) is 0 Å². The van der Waals surface area contributed by atoms with Crippen LogP contribution in [0.3, 0.4) is 0 Å². The van der Waals surface area contributed by atoms with E-state index in [1.807, 2.05) is 0 Å². The van der Waals surface area contributed by atoms with Crippen LogP contribution in [0.4, 0.5) is 0 Å². The van der Waals surface area contributed by atoms with Crippen molar-refractivity contribution >= 4 is 11.9 Å². The second kappa shape index (κ2) is 7.42. The third-order valence-corrected chi connectivity index (χ3v) is 11.5. The fourth-order valence-electron chi connectivity index (χ4n) is 10.9. The maximum atomic E-state index is 12.7. The number of aliphatic hydroxyl groups is 1. The lowest BCUT2D eigenvalue weighted by molar-refractivity contribution is -0.317. The number of methoxy groups -OCH3 is 3. The van der Waals surface area contributed by atoms with Gasteiger partial charge in [-0.15, -0.1) is 0 Å². The number of carbonyl (C=O) groups is 2. The van der Waals surface area contributed by atoms with Gasteiger partial charge in [-0.1, -0.05) is 0 Å². The molecule has 5 bridgehead atoms. The van der Waals surface area contributed by atoms with Crippen molar-refractivity contribution in [2.75, 3.05) is 27.9 Å². The summed E-state index contributed by atoms with van der Waals surface area (Å²) in [5.74, 6) is -0.589. The number of hydrogen-bond acceptors (Lipinski definition) is 10. The Kier molecular flexibility index (Phi) is 4.90. The molecule has 4 unspecified atom stereocenters. The largest absolute Gasteiger partial charge is 0.462 e. The van der Waals surface area contributed by atoms with Crippen LogP contribution in [0.25, 0.3) is 0 Å². The molecule has 2 saturated heterocycles. The highest BCUT2D eigenvalue weighted by Gasteiger charge is 2.91. The summed E-state index contributed by atoms with van der Waals surface area (Å²) < 4.78 is 29.8. The van der Waals surface area contributed by atoms with E-state index in [-0.39, 0.29) is 83.6 Å². The van der Waals surface area contributed by atoms with Gasteiger partial charge in [0.25, 0.3) is 0 Å². The van der Waals surface area contributed by atoms with Crippen molar-refractivity contribution < 1.29 is 43.2 Å². The normalized spacial score (nSPS) is 58.7. The molecule has 0 aromatic rings. The average Bonchev–Trinajstić information content (AvgIpc) is 3.54. The highest BCUT2D eigenvalue weighted by molar-refractivity contribution is 5.66. The zero-order valence-electron chi connectivity index (χ0n) is 21.5. The fraction of sp³-hybridized carbons (Fsp3) is 0.923. The molecule has 7 aliphatic rings. The number of fused-ring (bicyclic) bond motifs is 3. The molecule has 5 aliphatic carbocycles. The first-order valence-electron chi connectivity index (χ1n) is 13.3. The van der Waals surface area contributed by atoms with E-state index in [0.717, 1.165) is 19.3 Å². The van der Waals surface area contributed by atoms with Crippen LogP contribution in [0.15, 0.2) is 0 Å². The summed E-state index contributed by atoms with van der Waals surface area (Å²) in [6, 6.07) is 0.00990. The molecule has 0 aromatic carbocycles. The smallest absolute Gasteiger partial charge is 0.303 e. The lowest BCUT2D eigenvalue weighted by Gasteiger charge is -2.72. The van der Waals surface area contributed by atoms with Crippen LogP contribution in [-0.2, 0) is 38.1 Å². The molecule has 7 fully saturated rings. The quantitative estimate of drug-likeness (QED) is 0.411. The number of nitrogens with zero attached hydrogens (tertiary/aromatic N) is 1. The van der Waals surface area contributed by atoms with Crippen molar-refractivity contribution in [1.82, 2.24) is 5.06 Å².